The predicted molar refractivity (Wildman–Crippen MR) is 19.3 cm³/mol. The van der Waals surface area contributed by atoms with Gasteiger partial charge in [0.15, 0.2) is 0 Å². The average molecular weight is 716 g/mol. The van der Waals surface area contributed by atoms with E-state index in [4.69, 9.17) is 42.2 Å². The maximum atomic E-state index is 8.52. The van der Waals surface area contributed by atoms with Crippen LogP contribution in [0, 0.1) is 58.3 Å². The first-order chi connectivity index (χ1) is 5.20. The summed E-state index contributed by atoms with van der Waals surface area (Å²) < 4.78 is 25.6. The number of rotatable bonds is 0. The molecule has 14 heteroatoms. The van der Waals surface area contributed by atoms with Gasteiger partial charge in [-0.05, 0) is 0 Å². The van der Waals surface area contributed by atoms with Gasteiger partial charge in [-0.25, -0.2) is 0 Å². The van der Waals surface area contributed by atoms with Gasteiger partial charge in [-0.2, -0.15) is 0 Å². The summed E-state index contributed by atoms with van der Waals surface area (Å²) in [6, 6.07) is 0. The molecular formula is O9Pu2Si3-6. The van der Waals surface area contributed by atoms with Crippen molar-refractivity contribution in [2.45, 2.75) is 0 Å². The van der Waals surface area contributed by atoms with Crippen LogP contribution >= 0.6 is 0 Å². The molecule has 0 unspecified atom stereocenters. The van der Waals surface area contributed by atoms with E-state index >= 15 is 0 Å². The SMILES string of the molecule is O=[Si]([O-])[O-].O=[Si]([O-])[O-].O=[Si]([O-])[O-].[Pu].[Pu]. The fourth-order valence-electron chi connectivity index (χ4n) is 0. The Morgan fingerprint density at radius 2 is 0.500 bits per heavy atom. The van der Waals surface area contributed by atoms with E-state index in [1.165, 1.54) is 0 Å². The molecule has 0 aromatic heterocycles. The number of hydrogen-bond donors (Lipinski definition) is 0. The molecule has 9 nitrogen and oxygen atoms in total. The van der Waals surface area contributed by atoms with Crippen LogP contribution < -0.4 is 28.8 Å². The largest absolute Gasteiger partial charge is 0.672 e. The van der Waals surface area contributed by atoms with Gasteiger partial charge < -0.3 is 42.2 Å². The van der Waals surface area contributed by atoms with Gasteiger partial charge in [0.1, 0.15) is 0 Å². The Labute approximate surface area is 127 Å². The summed E-state index contributed by atoms with van der Waals surface area (Å²) in [6.45, 7) is 0. The third-order valence-electron chi connectivity index (χ3n) is 0. The summed E-state index contributed by atoms with van der Waals surface area (Å²) in [7, 11) is -10.9. The maximum Gasteiger partial charge on any atom is 0.0172 e. The van der Waals surface area contributed by atoms with E-state index in [2.05, 4.69) is 0 Å². The van der Waals surface area contributed by atoms with Gasteiger partial charge in [0.05, 0.1) is 0 Å². The van der Waals surface area contributed by atoms with Gasteiger partial charge in [-0.1, -0.05) is 0 Å². The molecule has 0 radical (unpaired) electrons. The topological polar surface area (TPSA) is 190 Å². The van der Waals surface area contributed by atoms with Crippen molar-refractivity contribution in [3.8, 4) is 0 Å². The minimum atomic E-state index is -3.63. The molecule has 0 aromatic carbocycles. The second-order valence-electron chi connectivity index (χ2n) is 0.750. The molecule has 0 N–H and O–H groups in total. The molecule has 0 amide bonds. The Morgan fingerprint density at radius 1 is 0.500 bits per heavy atom. The monoisotopic (exact) mass is 704 g/mol. The molecule has 0 saturated carbocycles. The van der Waals surface area contributed by atoms with Crippen molar-refractivity contribution in [2.24, 2.45) is 0 Å². The first-order valence-electron chi connectivity index (χ1n) is 1.84. The average Bonchev–Trinajstić information content (AvgIpc) is 1.54. The normalized spacial score (nSPS) is 5.14. The molecule has 0 atom stereocenters. The van der Waals surface area contributed by atoms with Gasteiger partial charge in [-0.3, -0.25) is 0 Å². The fraction of sp³-hybridized carbons (Fsp3) is 0. The molecule has 0 aliphatic rings. The van der Waals surface area contributed by atoms with Crippen molar-refractivity contribution in [1.29, 1.82) is 0 Å². The van der Waals surface area contributed by atoms with Gasteiger partial charge in [0.2, 0.25) is 0 Å². The molecule has 0 bridgehead atoms. The summed E-state index contributed by atoms with van der Waals surface area (Å²) in [4.78, 5) is 51.1. The molecule has 0 fully saturated rings. The third-order valence-corrected chi connectivity index (χ3v) is 0. The van der Waals surface area contributed by atoms with Gasteiger partial charge in [0, 0.05) is 85.9 Å². The van der Waals surface area contributed by atoms with E-state index in [-0.39, 0.29) is 58.3 Å². The first-order valence-corrected chi connectivity index (χ1v) is 5.51. The molecular weight excluding hydrogens is 716 g/mol. The van der Waals surface area contributed by atoms with Gasteiger partial charge in [-0.15, -0.1) is 0 Å². The van der Waals surface area contributed by atoms with Crippen LogP contribution in [-0.2, 0) is 13.4 Å². The summed E-state index contributed by atoms with van der Waals surface area (Å²) in [5.41, 5.74) is 0. The molecule has 0 rings (SSSR count). The van der Waals surface area contributed by atoms with Crippen LogP contribution in [0.25, 0.3) is 0 Å². The molecule has 0 aliphatic carbocycles. The van der Waals surface area contributed by atoms with Crippen LogP contribution in [0.3, 0.4) is 0 Å². The fourth-order valence-corrected chi connectivity index (χ4v) is 0. The van der Waals surface area contributed by atoms with Crippen molar-refractivity contribution < 1.29 is 101 Å². The summed E-state index contributed by atoms with van der Waals surface area (Å²) >= 11 is 0. The quantitative estimate of drug-likeness (QED) is 0.219. The van der Waals surface area contributed by atoms with Crippen molar-refractivity contribution in [3.05, 3.63) is 0 Å². The molecule has 84 valence electrons. The maximum absolute atomic E-state index is 8.52. The van der Waals surface area contributed by atoms with Crippen LogP contribution in [0.2, 0.25) is 0 Å². The Balaban J connectivity index is -0.0000000270. The third kappa shape index (κ3) is 2640. The van der Waals surface area contributed by atoms with E-state index in [0.29, 0.717) is 0 Å². The Bertz CT molecular complexity index is 116. The van der Waals surface area contributed by atoms with E-state index in [9.17, 15) is 0 Å². The first kappa shape index (κ1) is 29.4. The smallest absolute Gasteiger partial charge is 0.0172 e. The zero-order valence-corrected chi connectivity index (χ0v) is 15.8. The number of hydrogen-bond acceptors (Lipinski definition) is 9. The van der Waals surface area contributed by atoms with E-state index < -0.39 is 27.5 Å². The molecule has 14 heavy (non-hydrogen) atoms. The summed E-state index contributed by atoms with van der Waals surface area (Å²) in [6.07, 6.45) is 0. The summed E-state index contributed by atoms with van der Waals surface area (Å²) in [5, 5.41) is 0. The van der Waals surface area contributed by atoms with Crippen LogP contribution in [0.5, 0.6) is 0 Å². The van der Waals surface area contributed by atoms with E-state index in [1.807, 2.05) is 0 Å². The van der Waals surface area contributed by atoms with Crippen LogP contribution in [0.15, 0.2) is 0 Å². The molecule has 0 spiro atoms. The summed E-state index contributed by atoms with van der Waals surface area (Å²) in [5.74, 6) is 0. The van der Waals surface area contributed by atoms with Crippen molar-refractivity contribution in [3.63, 3.8) is 0 Å². The minimum Gasteiger partial charge on any atom is -0.672 e. The van der Waals surface area contributed by atoms with Crippen LogP contribution in [0.1, 0.15) is 0 Å². The standard InChI is InChI=1S/3O3Si.2Pu/c3*1-4(2)3;;/q3*-2;;. The Kier molecular flexibility index (Phi) is 49.4. The van der Waals surface area contributed by atoms with Gasteiger partial charge in [0.25, 0.3) is 0 Å². The predicted octanol–water partition coefficient (Wildman–Crippen LogP) is -8.63. The van der Waals surface area contributed by atoms with Crippen molar-refractivity contribution >= 4 is 27.5 Å². The minimum absolute atomic E-state index is 0. The zero-order valence-electron chi connectivity index (χ0n) is 5.99. The molecule has 0 aliphatic heterocycles. The van der Waals surface area contributed by atoms with Crippen molar-refractivity contribution in [1.82, 2.24) is 0 Å². The van der Waals surface area contributed by atoms with E-state index in [0.717, 1.165) is 0 Å². The zero-order chi connectivity index (χ0) is 10.7. The second kappa shape index (κ2) is 23.6. The Morgan fingerprint density at radius 3 is 0.500 bits per heavy atom. The molecule has 0 heterocycles. The van der Waals surface area contributed by atoms with Crippen molar-refractivity contribution in [2.75, 3.05) is 0 Å². The van der Waals surface area contributed by atoms with Crippen LogP contribution in [0.4, 0.5) is 0 Å². The van der Waals surface area contributed by atoms with Crippen LogP contribution in [-0.4, -0.2) is 27.5 Å². The molecule has 0 saturated heterocycles. The second-order valence-corrected chi connectivity index (χ2v) is 2.25. The van der Waals surface area contributed by atoms with Gasteiger partial charge >= 0.3 is 0 Å². The Hall–Kier alpha value is 0.825. The molecule has 0 aromatic rings. The van der Waals surface area contributed by atoms with E-state index in [1.54, 1.807) is 0 Å².